The van der Waals surface area contributed by atoms with Crippen molar-refractivity contribution in [3.8, 4) is 0 Å². The zero-order valence-electron chi connectivity index (χ0n) is 32.2. The normalized spacial score (nSPS) is 11.0. The SMILES string of the molecule is CCCCCCCCCCCCCC(=O)[O-].CCCCCCCCCCCCCC(=O)[O-].C[N+](C)(C)CCO.C[N+](C)(C)CCO. The van der Waals surface area contributed by atoms with Crippen LogP contribution in [0.15, 0.2) is 0 Å². The number of quaternary nitrogens is 2. The van der Waals surface area contributed by atoms with Crippen LogP contribution < -0.4 is 10.2 Å². The largest absolute Gasteiger partial charge is 0.550 e. The van der Waals surface area contributed by atoms with Crippen molar-refractivity contribution in [2.45, 2.75) is 168 Å². The van der Waals surface area contributed by atoms with Crippen LogP contribution in [0.2, 0.25) is 0 Å². The van der Waals surface area contributed by atoms with Crippen molar-refractivity contribution in [3.63, 3.8) is 0 Å². The first kappa shape index (κ1) is 51.6. The van der Waals surface area contributed by atoms with E-state index < -0.39 is 11.9 Å². The summed E-state index contributed by atoms with van der Waals surface area (Å²) in [7, 11) is 12.3. The molecule has 0 aliphatic heterocycles. The molecular weight excluding hydrogens is 580 g/mol. The lowest BCUT2D eigenvalue weighted by atomic mass is 10.1. The molecule has 8 heteroatoms. The molecule has 0 aromatic heterocycles. The summed E-state index contributed by atoms with van der Waals surface area (Å²) in [6.07, 6.45) is 28.1. The maximum Gasteiger partial charge on any atom is 0.101 e. The lowest BCUT2D eigenvalue weighted by molar-refractivity contribution is -0.870. The highest BCUT2D eigenvalue weighted by Crippen LogP contribution is 2.12. The summed E-state index contributed by atoms with van der Waals surface area (Å²) < 4.78 is 1.69. The van der Waals surface area contributed by atoms with Crippen LogP contribution in [0.3, 0.4) is 0 Å². The van der Waals surface area contributed by atoms with Crippen molar-refractivity contribution in [2.24, 2.45) is 0 Å². The predicted molar refractivity (Wildman–Crippen MR) is 192 cm³/mol. The Morgan fingerprint density at radius 3 is 0.739 bits per heavy atom. The standard InChI is InChI=1S/2C14H28O2.2C5H14NO/c2*1-2-3-4-5-6-7-8-9-10-11-12-13-14(15)16;2*1-6(2,3)4-5-7/h2*2-13H2,1H3,(H,15,16);2*7H,4-5H2,1-3H3/q;;2*+1/p-2. The van der Waals surface area contributed by atoms with Crippen LogP contribution in [-0.2, 0) is 9.59 Å². The Hall–Kier alpha value is -1.22. The number of unbranched alkanes of at least 4 members (excludes halogenated alkanes) is 20. The fourth-order valence-corrected chi connectivity index (χ4v) is 4.47. The maximum absolute atomic E-state index is 10.1. The van der Waals surface area contributed by atoms with Gasteiger partial charge in [0.2, 0.25) is 0 Å². The van der Waals surface area contributed by atoms with E-state index in [2.05, 4.69) is 56.1 Å². The Bertz CT molecular complexity index is 551. The smallest absolute Gasteiger partial charge is 0.101 e. The number of carboxylic acids is 2. The third-order valence-electron chi connectivity index (χ3n) is 7.51. The minimum atomic E-state index is -0.907. The summed E-state index contributed by atoms with van der Waals surface area (Å²) in [6.45, 7) is 6.71. The first-order valence-electron chi connectivity index (χ1n) is 18.9. The van der Waals surface area contributed by atoms with Crippen LogP contribution in [0.1, 0.15) is 168 Å². The van der Waals surface area contributed by atoms with Gasteiger partial charge in [-0.05, 0) is 25.7 Å². The van der Waals surface area contributed by atoms with Gasteiger partial charge in [0.15, 0.2) is 0 Å². The third-order valence-corrected chi connectivity index (χ3v) is 7.51. The first-order chi connectivity index (χ1) is 21.7. The van der Waals surface area contributed by atoms with Crippen molar-refractivity contribution < 1.29 is 39.0 Å². The van der Waals surface area contributed by atoms with Gasteiger partial charge in [0.05, 0.1) is 55.5 Å². The molecule has 46 heavy (non-hydrogen) atoms. The number of aliphatic carboxylic acids is 2. The summed E-state index contributed by atoms with van der Waals surface area (Å²) in [4.78, 5) is 20.3. The number of likely N-dealkylation sites (N-methyl/N-ethyl adjacent to an activating group) is 2. The van der Waals surface area contributed by atoms with E-state index in [-0.39, 0.29) is 26.1 Å². The Labute approximate surface area is 287 Å². The zero-order valence-corrected chi connectivity index (χ0v) is 32.2. The molecule has 0 radical (unpaired) electrons. The molecule has 0 rings (SSSR count). The van der Waals surface area contributed by atoms with E-state index in [1.54, 1.807) is 0 Å². The van der Waals surface area contributed by atoms with Crippen molar-refractivity contribution >= 4 is 11.9 Å². The molecule has 0 spiro atoms. The molecule has 0 fully saturated rings. The average molecular weight is 663 g/mol. The molecule has 0 aliphatic rings. The van der Waals surface area contributed by atoms with Crippen LogP contribution in [0.4, 0.5) is 0 Å². The molecule has 0 atom stereocenters. The molecule has 2 N–H and O–H groups in total. The van der Waals surface area contributed by atoms with Crippen LogP contribution in [0.25, 0.3) is 0 Å². The number of aliphatic hydroxyl groups excluding tert-OH is 2. The number of rotatable bonds is 28. The number of carbonyl (C=O) groups excluding carboxylic acids is 2. The number of carboxylic acid groups (broad SMARTS) is 2. The molecule has 0 saturated carbocycles. The maximum atomic E-state index is 10.1. The van der Waals surface area contributed by atoms with E-state index in [0.29, 0.717) is 0 Å². The molecule has 0 saturated heterocycles. The lowest BCUT2D eigenvalue weighted by Crippen LogP contribution is -2.36. The highest BCUT2D eigenvalue weighted by molar-refractivity contribution is 5.64. The first-order valence-corrected chi connectivity index (χ1v) is 18.9. The van der Waals surface area contributed by atoms with Gasteiger partial charge in [0.25, 0.3) is 0 Å². The van der Waals surface area contributed by atoms with E-state index in [1.165, 1.54) is 116 Å². The average Bonchev–Trinajstić information content (AvgIpc) is 2.94. The predicted octanol–water partition coefficient (Wildman–Crippen LogP) is 6.24. The summed E-state index contributed by atoms with van der Waals surface area (Å²) in [5.74, 6) is -1.81. The molecule has 8 nitrogen and oxygen atoms in total. The van der Waals surface area contributed by atoms with Gasteiger partial charge < -0.3 is 39.0 Å². The van der Waals surface area contributed by atoms with Crippen molar-refractivity contribution in [2.75, 3.05) is 68.6 Å². The summed E-state index contributed by atoms with van der Waals surface area (Å²) in [5.41, 5.74) is 0. The lowest BCUT2D eigenvalue weighted by Gasteiger charge is -2.21. The van der Waals surface area contributed by atoms with Gasteiger partial charge in [-0.3, -0.25) is 0 Å². The second-order valence-electron chi connectivity index (χ2n) is 14.8. The van der Waals surface area contributed by atoms with Crippen LogP contribution in [0, 0.1) is 0 Å². The number of hydrogen-bond acceptors (Lipinski definition) is 6. The third kappa shape index (κ3) is 69.5. The molecule has 0 amide bonds. The van der Waals surface area contributed by atoms with Gasteiger partial charge in [-0.15, -0.1) is 0 Å². The summed E-state index contributed by atoms with van der Waals surface area (Å²) >= 11 is 0. The fourth-order valence-electron chi connectivity index (χ4n) is 4.47. The summed E-state index contributed by atoms with van der Waals surface area (Å²) in [6, 6.07) is 0. The van der Waals surface area contributed by atoms with Crippen molar-refractivity contribution in [3.05, 3.63) is 0 Å². The molecule has 280 valence electrons. The minimum absolute atomic E-state index is 0.233. The van der Waals surface area contributed by atoms with Gasteiger partial charge in [0.1, 0.15) is 13.1 Å². The molecular formula is C38H82N2O6. The highest BCUT2D eigenvalue weighted by Gasteiger charge is 2.03. The van der Waals surface area contributed by atoms with E-state index in [9.17, 15) is 19.8 Å². The molecule has 0 heterocycles. The molecule has 0 unspecified atom stereocenters. The Kier molecular flexibility index (Phi) is 44.8. The number of nitrogens with zero attached hydrogens (tertiary/aromatic N) is 2. The van der Waals surface area contributed by atoms with E-state index in [0.717, 1.165) is 47.7 Å². The van der Waals surface area contributed by atoms with Crippen LogP contribution in [-0.4, -0.2) is 99.7 Å². The number of aliphatic hydroxyl groups is 2. The van der Waals surface area contributed by atoms with Gasteiger partial charge >= 0.3 is 0 Å². The second kappa shape index (κ2) is 40.0. The fraction of sp³-hybridized carbons (Fsp3) is 0.947. The monoisotopic (exact) mass is 663 g/mol. The second-order valence-corrected chi connectivity index (χ2v) is 14.8. The quantitative estimate of drug-likeness (QED) is 0.0756. The van der Waals surface area contributed by atoms with Gasteiger partial charge in [-0.2, -0.15) is 0 Å². The van der Waals surface area contributed by atoms with Crippen molar-refractivity contribution in [1.29, 1.82) is 0 Å². The van der Waals surface area contributed by atoms with Crippen LogP contribution in [0.5, 0.6) is 0 Å². The molecule has 0 aromatic rings. The molecule has 0 bridgehead atoms. The van der Waals surface area contributed by atoms with Gasteiger partial charge in [0, 0.05) is 11.9 Å². The minimum Gasteiger partial charge on any atom is -0.550 e. The number of carbonyl (C=O) groups is 2. The topological polar surface area (TPSA) is 121 Å². The Morgan fingerprint density at radius 1 is 0.413 bits per heavy atom. The molecule has 0 aliphatic carbocycles. The van der Waals surface area contributed by atoms with Crippen LogP contribution >= 0.6 is 0 Å². The van der Waals surface area contributed by atoms with Gasteiger partial charge in [-0.25, -0.2) is 0 Å². The van der Waals surface area contributed by atoms with E-state index in [1.807, 2.05) is 0 Å². The highest BCUT2D eigenvalue weighted by atomic mass is 16.4. The molecule has 0 aromatic carbocycles. The van der Waals surface area contributed by atoms with E-state index in [4.69, 9.17) is 10.2 Å². The Balaban J connectivity index is -0.000000275. The summed E-state index contributed by atoms with van der Waals surface area (Å²) in [5, 5.41) is 37.1. The zero-order chi connectivity index (χ0) is 36.0. The van der Waals surface area contributed by atoms with E-state index >= 15 is 0 Å². The Morgan fingerprint density at radius 2 is 0.609 bits per heavy atom. The van der Waals surface area contributed by atoms with Gasteiger partial charge in [-0.1, -0.05) is 142 Å². The number of hydrogen-bond donors (Lipinski definition) is 2. The van der Waals surface area contributed by atoms with Crippen molar-refractivity contribution in [1.82, 2.24) is 0 Å².